The van der Waals surface area contributed by atoms with Crippen molar-refractivity contribution in [1.82, 2.24) is 0 Å². The molecule has 5 heteroatoms. The summed E-state index contributed by atoms with van der Waals surface area (Å²) in [6, 6.07) is 4.48. The van der Waals surface area contributed by atoms with Crippen LogP contribution in [0.25, 0.3) is 0 Å². The van der Waals surface area contributed by atoms with E-state index >= 15 is 0 Å². The van der Waals surface area contributed by atoms with E-state index in [4.69, 9.17) is 11.5 Å². The zero-order chi connectivity index (χ0) is 14.8. The van der Waals surface area contributed by atoms with Crippen LogP contribution in [0.3, 0.4) is 0 Å². The lowest BCUT2D eigenvalue weighted by molar-refractivity contribution is 0.322. The van der Waals surface area contributed by atoms with E-state index in [1.54, 1.807) is 0 Å². The van der Waals surface area contributed by atoms with Gasteiger partial charge < -0.3 is 11.5 Å². The van der Waals surface area contributed by atoms with Crippen LogP contribution in [0.2, 0.25) is 0 Å². The van der Waals surface area contributed by atoms with Gasteiger partial charge in [-0.05, 0) is 42.4 Å². The molecule has 4 N–H and O–H groups in total. The van der Waals surface area contributed by atoms with Crippen molar-refractivity contribution in [2.75, 3.05) is 0 Å². The second-order valence-electron chi connectivity index (χ2n) is 6.51. The quantitative estimate of drug-likeness (QED) is 0.723. The fourth-order valence-electron chi connectivity index (χ4n) is 4.76. The monoisotopic (exact) mass is 296 g/mol. The third-order valence-electron chi connectivity index (χ3n) is 5.81. The molecule has 1 spiro atoms. The zero-order valence-electron chi connectivity index (χ0n) is 11.5. The number of nitriles is 2. The average Bonchev–Trinajstić information content (AvgIpc) is 3.13. The molecule has 3 atom stereocenters. The Morgan fingerprint density at radius 2 is 1.71 bits per heavy atom. The maximum Gasteiger partial charge on any atom is 0.0981 e. The number of thioether (sulfide) groups is 1. The molecular formula is C16H16N4S. The lowest BCUT2D eigenvalue weighted by Crippen LogP contribution is -2.29. The van der Waals surface area contributed by atoms with Gasteiger partial charge in [0.05, 0.1) is 33.3 Å². The first-order valence-electron chi connectivity index (χ1n) is 7.28. The lowest BCUT2D eigenvalue weighted by atomic mass is 9.73. The molecular weight excluding hydrogens is 280 g/mol. The van der Waals surface area contributed by atoms with Gasteiger partial charge in [-0.3, -0.25) is 0 Å². The molecule has 4 rings (SSSR count). The molecule has 0 radical (unpaired) electrons. The van der Waals surface area contributed by atoms with Gasteiger partial charge >= 0.3 is 0 Å². The molecule has 106 valence electrons. The molecule has 3 aliphatic carbocycles. The average molecular weight is 296 g/mol. The predicted octanol–water partition coefficient (Wildman–Crippen LogP) is 2.34. The van der Waals surface area contributed by atoms with Crippen LogP contribution in [0, 0.1) is 51.7 Å². The summed E-state index contributed by atoms with van der Waals surface area (Å²) in [5.41, 5.74) is 13.6. The first-order chi connectivity index (χ1) is 10.1. The molecule has 2 fully saturated rings. The van der Waals surface area contributed by atoms with E-state index in [0.29, 0.717) is 44.4 Å². The largest absolute Gasteiger partial charge is 0.392 e. The molecule has 0 aromatic heterocycles. The maximum absolute atomic E-state index is 9.52. The standard InChI is InChI=1S/C16H16N4S/c17-6-10-13(11(7-18)15(20)21-14(10)19)9-5-8-1-2-12(9)16(8)3-4-16/h1-2,8-9,12-13H,3-5,19-20H2/t8-,9-,12+/m0/s1. The highest BCUT2D eigenvalue weighted by atomic mass is 32.2. The van der Waals surface area contributed by atoms with Crippen molar-refractivity contribution in [1.29, 1.82) is 10.5 Å². The van der Waals surface area contributed by atoms with Crippen LogP contribution >= 0.6 is 11.8 Å². The highest BCUT2D eigenvalue weighted by Crippen LogP contribution is 2.72. The third kappa shape index (κ3) is 1.50. The van der Waals surface area contributed by atoms with E-state index in [0.717, 1.165) is 18.2 Å². The number of nitrogens with zero attached hydrogens (tertiary/aromatic N) is 2. The van der Waals surface area contributed by atoms with E-state index < -0.39 is 0 Å². The summed E-state index contributed by atoms with van der Waals surface area (Å²) in [6.45, 7) is 0. The van der Waals surface area contributed by atoms with Crippen molar-refractivity contribution < 1.29 is 0 Å². The molecule has 0 aromatic rings. The van der Waals surface area contributed by atoms with Gasteiger partial charge in [0.25, 0.3) is 0 Å². The second kappa shape index (κ2) is 4.08. The summed E-state index contributed by atoms with van der Waals surface area (Å²) in [5, 5.41) is 20.0. The van der Waals surface area contributed by atoms with Gasteiger partial charge in [0.1, 0.15) is 0 Å². The molecule has 4 aliphatic rings. The Balaban J connectivity index is 1.79. The van der Waals surface area contributed by atoms with Crippen molar-refractivity contribution in [2.45, 2.75) is 19.3 Å². The molecule has 0 amide bonds. The Labute approximate surface area is 128 Å². The summed E-state index contributed by atoms with van der Waals surface area (Å²) in [5.74, 6) is 1.18. The number of allylic oxidation sites excluding steroid dienone is 4. The molecule has 0 saturated heterocycles. The molecule has 2 saturated carbocycles. The Kier molecular flexibility index (Phi) is 2.50. The van der Waals surface area contributed by atoms with Crippen LogP contribution in [0.15, 0.2) is 33.4 Å². The smallest absolute Gasteiger partial charge is 0.0981 e. The predicted molar refractivity (Wildman–Crippen MR) is 80.6 cm³/mol. The molecule has 0 aromatic carbocycles. The van der Waals surface area contributed by atoms with Crippen molar-refractivity contribution in [3.8, 4) is 12.1 Å². The number of rotatable bonds is 1. The van der Waals surface area contributed by atoms with Gasteiger partial charge in [-0.15, -0.1) is 0 Å². The lowest BCUT2D eigenvalue weighted by Gasteiger charge is -2.32. The van der Waals surface area contributed by atoms with Crippen molar-refractivity contribution in [3.63, 3.8) is 0 Å². The van der Waals surface area contributed by atoms with E-state index in [1.165, 1.54) is 12.8 Å². The highest BCUT2D eigenvalue weighted by Gasteiger charge is 2.64. The van der Waals surface area contributed by atoms with Gasteiger partial charge in [-0.2, -0.15) is 10.5 Å². The minimum Gasteiger partial charge on any atom is -0.392 e. The Morgan fingerprint density at radius 3 is 2.19 bits per heavy atom. The summed E-state index contributed by atoms with van der Waals surface area (Å²) < 4.78 is 0. The molecule has 1 aliphatic heterocycles. The molecule has 0 unspecified atom stereocenters. The summed E-state index contributed by atoms with van der Waals surface area (Å²) in [4.78, 5) is 0. The Hall–Kier alpha value is -1.85. The van der Waals surface area contributed by atoms with E-state index in [1.807, 2.05) is 0 Å². The Morgan fingerprint density at radius 1 is 1.10 bits per heavy atom. The van der Waals surface area contributed by atoms with Crippen molar-refractivity contribution in [3.05, 3.63) is 33.4 Å². The third-order valence-corrected chi connectivity index (χ3v) is 6.69. The Bertz CT molecular complexity index is 663. The van der Waals surface area contributed by atoms with Gasteiger partial charge in [-0.1, -0.05) is 23.9 Å². The number of nitrogens with two attached hydrogens (primary N) is 2. The summed E-state index contributed by atoms with van der Waals surface area (Å²) >= 11 is 1.16. The van der Waals surface area contributed by atoms with Gasteiger partial charge in [0, 0.05) is 5.92 Å². The molecule has 1 heterocycles. The molecule has 2 bridgehead atoms. The van der Waals surface area contributed by atoms with Gasteiger partial charge in [-0.25, -0.2) is 0 Å². The fraction of sp³-hybridized carbons (Fsp3) is 0.500. The van der Waals surface area contributed by atoms with E-state index in [2.05, 4.69) is 24.3 Å². The normalized spacial score (nSPS) is 36.2. The summed E-state index contributed by atoms with van der Waals surface area (Å²) in [7, 11) is 0. The van der Waals surface area contributed by atoms with Crippen LogP contribution in [-0.2, 0) is 0 Å². The van der Waals surface area contributed by atoms with Crippen LogP contribution < -0.4 is 11.5 Å². The molecule has 4 nitrogen and oxygen atoms in total. The molecule has 21 heavy (non-hydrogen) atoms. The minimum atomic E-state index is -0.210. The number of hydrogen-bond donors (Lipinski definition) is 2. The minimum absolute atomic E-state index is 0.210. The van der Waals surface area contributed by atoms with Gasteiger partial charge in [0.15, 0.2) is 0 Å². The SMILES string of the molecule is N#CC1=C(N)SC(N)=C(C#N)C1[C@H]1C[C@@H]2C=C[C@H]1C21CC1. The first kappa shape index (κ1) is 12.9. The zero-order valence-corrected chi connectivity index (χ0v) is 12.4. The van der Waals surface area contributed by atoms with Gasteiger partial charge in [0.2, 0.25) is 0 Å². The van der Waals surface area contributed by atoms with Crippen LogP contribution in [0.4, 0.5) is 0 Å². The van der Waals surface area contributed by atoms with E-state index in [9.17, 15) is 10.5 Å². The van der Waals surface area contributed by atoms with Crippen LogP contribution in [-0.4, -0.2) is 0 Å². The summed E-state index contributed by atoms with van der Waals surface area (Å²) in [6.07, 6.45) is 8.24. The maximum atomic E-state index is 9.52. The second-order valence-corrected chi connectivity index (χ2v) is 7.59. The first-order valence-corrected chi connectivity index (χ1v) is 8.09. The van der Waals surface area contributed by atoms with Crippen LogP contribution in [0.5, 0.6) is 0 Å². The topological polar surface area (TPSA) is 99.6 Å². The van der Waals surface area contributed by atoms with E-state index in [-0.39, 0.29) is 5.92 Å². The number of hydrogen-bond acceptors (Lipinski definition) is 5. The highest BCUT2D eigenvalue weighted by molar-refractivity contribution is 8.06. The van der Waals surface area contributed by atoms with Crippen molar-refractivity contribution >= 4 is 11.8 Å². The van der Waals surface area contributed by atoms with Crippen molar-refractivity contribution in [2.24, 2.45) is 40.6 Å². The fourth-order valence-corrected chi connectivity index (χ4v) is 5.56. The van der Waals surface area contributed by atoms with Crippen LogP contribution in [0.1, 0.15) is 19.3 Å².